The van der Waals surface area contributed by atoms with Crippen LogP contribution in [0.4, 0.5) is 0 Å². The van der Waals surface area contributed by atoms with E-state index in [1.54, 1.807) is 6.92 Å². The highest BCUT2D eigenvalue weighted by molar-refractivity contribution is 6.04. The maximum atomic E-state index is 13.5. The van der Waals surface area contributed by atoms with Crippen LogP contribution in [0, 0.1) is 34.0 Å². The van der Waals surface area contributed by atoms with E-state index < -0.39 is 58.1 Å². The van der Waals surface area contributed by atoms with Crippen molar-refractivity contribution in [3.63, 3.8) is 0 Å². The summed E-state index contributed by atoms with van der Waals surface area (Å²) < 4.78 is 11.1. The molecular weight excluding hydrogens is 392 g/mol. The molecule has 0 aromatic heterocycles. The Balaban J connectivity index is 1.71. The van der Waals surface area contributed by atoms with Gasteiger partial charge in [-0.25, -0.2) is 0 Å². The summed E-state index contributed by atoms with van der Waals surface area (Å²) in [5.41, 5.74) is -3.08. The molecule has 30 heavy (non-hydrogen) atoms. The number of aliphatic hydroxyl groups is 4. The molecule has 2 aliphatic heterocycles. The van der Waals surface area contributed by atoms with Crippen LogP contribution in [0.3, 0.4) is 0 Å². The Morgan fingerprint density at radius 1 is 1.27 bits per heavy atom. The van der Waals surface area contributed by atoms with Crippen LogP contribution in [0.5, 0.6) is 0 Å². The molecule has 2 heterocycles. The molecule has 2 spiro atoms. The fourth-order valence-corrected chi connectivity index (χ4v) is 8.05. The number of esters is 1. The standard InChI is InChI=1S/C22H30O8/c1-10-12-4-5-13-20-9-30-22(28,21(13,7-12)17(10)26)18(27)16(20)19(3,8-29-11(2)23)14(24)6-15(20)25/h12-16,18,24-25,27-28H,1,4-9H2,2-3H3/t12-,13+,14+,15-,16-,18+,19-,20-,21+,22+/m1/s1. The first kappa shape index (κ1) is 20.6. The van der Waals surface area contributed by atoms with E-state index in [4.69, 9.17) is 9.47 Å². The Morgan fingerprint density at radius 2 is 1.97 bits per heavy atom. The zero-order valence-electron chi connectivity index (χ0n) is 17.3. The van der Waals surface area contributed by atoms with Crippen LogP contribution in [0.25, 0.3) is 0 Å². The number of ketones is 1. The molecule has 166 valence electrons. The van der Waals surface area contributed by atoms with Crippen molar-refractivity contribution in [1.29, 1.82) is 0 Å². The van der Waals surface area contributed by atoms with Crippen LogP contribution in [0.1, 0.15) is 39.5 Å². The molecule has 6 aliphatic rings. The lowest BCUT2D eigenvalue weighted by molar-refractivity contribution is -0.455. The van der Waals surface area contributed by atoms with Crippen molar-refractivity contribution in [3.8, 4) is 0 Å². The van der Waals surface area contributed by atoms with Gasteiger partial charge in [0.2, 0.25) is 5.79 Å². The lowest BCUT2D eigenvalue weighted by atomic mass is 9.35. The van der Waals surface area contributed by atoms with Gasteiger partial charge in [0.15, 0.2) is 5.78 Å². The van der Waals surface area contributed by atoms with Gasteiger partial charge in [0.1, 0.15) is 6.10 Å². The van der Waals surface area contributed by atoms with Crippen molar-refractivity contribution in [2.45, 2.75) is 63.6 Å². The van der Waals surface area contributed by atoms with Gasteiger partial charge in [-0.2, -0.15) is 0 Å². The second-order valence-corrected chi connectivity index (χ2v) is 10.4. The van der Waals surface area contributed by atoms with Gasteiger partial charge in [-0.15, -0.1) is 0 Å². The Labute approximate surface area is 174 Å². The lowest BCUT2D eigenvalue weighted by Crippen LogP contribution is -2.85. The molecule has 0 aromatic rings. The van der Waals surface area contributed by atoms with E-state index in [1.165, 1.54) is 6.92 Å². The first-order chi connectivity index (χ1) is 14.0. The number of aliphatic hydroxyl groups excluding tert-OH is 3. The topological polar surface area (TPSA) is 134 Å². The second-order valence-electron chi connectivity index (χ2n) is 10.4. The van der Waals surface area contributed by atoms with Gasteiger partial charge in [0.25, 0.3) is 0 Å². The molecule has 6 rings (SSSR count). The number of hydrogen-bond donors (Lipinski definition) is 4. The molecule has 0 unspecified atom stereocenters. The van der Waals surface area contributed by atoms with E-state index in [1.807, 2.05) is 0 Å². The maximum Gasteiger partial charge on any atom is 0.302 e. The summed E-state index contributed by atoms with van der Waals surface area (Å²) in [6.07, 6.45) is -2.00. The Bertz CT molecular complexity index is 841. The molecule has 4 N–H and O–H groups in total. The molecule has 4 saturated carbocycles. The fraction of sp³-hybridized carbons (Fsp3) is 0.818. The minimum atomic E-state index is -2.15. The summed E-state index contributed by atoms with van der Waals surface area (Å²) in [5, 5.41) is 45.5. The normalized spacial score (nSPS) is 56.5. The number of Topliss-reactive ketones (excluding diaryl/α,β-unsaturated/α-hetero) is 1. The Morgan fingerprint density at radius 3 is 2.63 bits per heavy atom. The van der Waals surface area contributed by atoms with Gasteiger partial charge in [0, 0.05) is 30.1 Å². The molecule has 6 fully saturated rings. The lowest BCUT2D eigenvalue weighted by Gasteiger charge is -2.74. The van der Waals surface area contributed by atoms with E-state index >= 15 is 0 Å². The number of ether oxygens (including phenoxy) is 2. The van der Waals surface area contributed by atoms with Crippen LogP contribution >= 0.6 is 0 Å². The number of carbonyl (C=O) groups is 2. The number of carbonyl (C=O) groups excluding carboxylic acids is 2. The third-order valence-corrected chi connectivity index (χ3v) is 9.41. The summed E-state index contributed by atoms with van der Waals surface area (Å²) in [7, 11) is 0. The zero-order chi connectivity index (χ0) is 21.9. The molecular formula is C22H30O8. The van der Waals surface area contributed by atoms with Crippen molar-refractivity contribution in [1.82, 2.24) is 0 Å². The van der Waals surface area contributed by atoms with Crippen molar-refractivity contribution in [2.75, 3.05) is 13.2 Å². The Hall–Kier alpha value is -1.32. The zero-order valence-corrected chi connectivity index (χ0v) is 17.3. The minimum absolute atomic E-state index is 0.00786. The smallest absolute Gasteiger partial charge is 0.302 e. The molecule has 0 aromatic carbocycles. The number of allylic oxidation sites excluding steroid dienone is 1. The average Bonchev–Trinajstić information content (AvgIpc) is 2.88. The van der Waals surface area contributed by atoms with E-state index in [0.29, 0.717) is 24.8 Å². The Kier molecular flexibility index (Phi) is 4.06. The highest BCUT2D eigenvalue weighted by atomic mass is 16.6. The molecule has 8 heteroatoms. The van der Waals surface area contributed by atoms with Gasteiger partial charge < -0.3 is 29.9 Å². The van der Waals surface area contributed by atoms with Gasteiger partial charge >= 0.3 is 5.97 Å². The van der Waals surface area contributed by atoms with Crippen LogP contribution in [0.2, 0.25) is 0 Å². The third kappa shape index (κ3) is 1.96. The van der Waals surface area contributed by atoms with Gasteiger partial charge in [-0.1, -0.05) is 13.5 Å². The van der Waals surface area contributed by atoms with E-state index in [2.05, 4.69) is 6.58 Å². The van der Waals surface area contributed by atoms with Crippen LogP contribution < -0.4 is 0 Å². The van der Waals surface area contributed by atoms with E-state index in [0.717, 1.165) is 0 Å². The van der Waals surface area contributed by atoms with Crippen LogP contribution in [-0.2, 0) is 19.1 Å². The summed E-state index contributed by atoms with van der Waals surface area (Å²) in [6, 6.07) is 0. The minimum Gasteiger partial charge on any atom is -0.465 e. The molecule has 4 bridgehead atoms. The predicted octanol–water partition coefficient (Wildman–Crippen LogP) is -0.0812. The first-order valence-electron chi connectivity index (χ1n) is 10.7. The van der Waals surface area contributed by atoms with Crippen molar-refractivity contribution in [2.24, 2.45) is 34.0 Å². The van der Waals surface area contributed by atoms with Crippen LogP contribution in [0.15, 0.2) is 12.2 Å². The van der Waals surface area contributed by atoms with Crippen LogP contribution in [-0.4, -0.2) is 69.5 Å². The summed E-state index contributed by atoms with van der Waals surface area (Å²) in [5.74, 6) is -4.27. The SMILES string of the molecule is C=C1C(=O)[C@]23C[C@H]1CC[C@H]2[C@@]12CO[C@@]3(O)[C@@H](O)[C@@H]1[C@](C)(COC(C)=O)[C@@H](O)C[C@H]2O. The highest BCUT2D eigenvalue weighted by Gasteiger charge is 2.85. The predicted molar refractivity (Wildman–Crippen MR) is 102 cm³/mol. The molecule has 4 aliphatic carbocycles. The summed E-state index contributed by atoms with van der Waals surface area (Å²) >= 11 is 0. The third-order valence-electron chi connectivity index (χ3n) is 9.41. The largest absolute Gasteiger partial charge is 0.465 e. The molecule has 8 nitrogen and oxygen atoms in total. The van der Waals surface area contributed by atoms with E-state index in [9.17, 15) is 30.0 Å². The fourth-order valence-electron chi connectivity index (χ4n) is 8.05. The molecule has 10 atom stereocenters. The quantitative estimate of drug-likeness (QED) is 0.359. The number of fused-ring (bicyclic) bond motifs is 2. The molecule has 0 radical (unpaired) electrons. The van der Waals surface area contributed by atoms with Crippen molar-refractivity contribution >= 4 is 11.8 Å². The first-order valence-corrected chi connectivity index (χ1v) is 10.7. The maximum absolute atomic E-state index is 13.5. The van der Waals surface area contributed by atoms with E-state index in [-0.39, 0.29) is 31.3 Å². The highest BCUT2D eigenvalue weighted by Crippen LogP contribution is 2.76. The van der Waals surface area contributed by atoms with Gasteiger partial charge in [-0.05, 0) is 36.7 Å². The van der Waals surface area contributed by atoms with Crippen molar-refractivity contribution in [3.05, 3.63) is 12.2 Å². The van der Waals surface area contributed by atoms with Gasteiger partial charge in [-0.3, -0.25) is 9.59 Å². The number of hydrogen-bond acceptors (Lipinski definition) is 8. The summed E-state index contributed by atoms with van der Waals surface area (Å²) in [6.45, 7) is 6.73. The number of rotatable bonds is 2. The van der Waals surface area contributed by atoms with Gasteiger partial charge in [0.05, 0.1) is 30.8 Å². The summed E-state index contributed by atoms with van der Waals surface area (Å²) in [4.78, 5) is 25.0. The average molecular weight is 422 g/mol. The molecule has 0 amide bonds. The monoisotopic (exact) mass is 422 g/mol. The molecule has 2 saturated heterocycles. The second kappa shape index (κ2) is 5.92. The van der Waals surface area contributed by atoms with Crippen molar-refractivity contribution < 1.29 is 39.5 Å².